The normalized spacial score (nSPS) is 23.2. The zero-order valence-electron chi connectivity index (χ0n) is 12.9. The van der Waals surface area contributed by atoms with Crippen LogP contribution in [0, 0.1) is 5.41 Å². The van der Waals surface area contributed by atoms with Crippen molar-refractivity contribution in [2.45, 2.75) is 38.8 Å². The molecule has 2 rings (SSSR count). The number of methoxy groups -OCH3 is 1. The second-order valence-corrected chi connectivity index (χ2v) is 6.07. The Balaban J connectivity index is 1.71. The molecule has 0 radical (unpaired) electrons. The maximum absolute atomic E-state index is 11.9. The quantitative estimate of drug-likeness (QED) is 0.786. The number of benzene rings is 1. The number of amides is 1. The molecule has 1 aliphatic rings. The minimum Gasteiger partial charge on any atom is -0.493 e. The minimum absolute atomic E-state index is 0.00605. The molecule has 1 aromatic carbocycles. The van der Waals surface area contributed by atoms with Crippen LogP contribution in [0.4, 0.5) is 5.69 Å². The SMILES string of the molecule is COC1CC(NC(=O)CCOc2cccc(N)c2)C1(C)C. The summed E-state index contributed by atoms with van der Waals surface area (Å²) in [6, 6.07) is 7.36. The Morgan fingerprint density at radius 3 is 2.86 bits per heavy atom. The molecular weight excluding hydrogens is 268 g/mol. The maximum Gasteiger partial charge on any atom is 0.223 e. The van der Waals surface area contributed by atoms with Gasteiger partial charge in [0.2, 0.25) is 5.91 Å². The lowest BCUT2D eigenvalue weighted by Crippen LogP contribution is -2.61. The lowest BCUT2D eigenvalue weighted by molar-refractivity contribution is -0.133. The van der Waals surface area contributed by atoms with Crippen molar-refractivity contribution in [1.29, 1.82) is 0 Å². The Bertz CT molecular complexity index is 502. The summed E-state index contributed by atoms with van der Waals surface area (Å²) >= 11 is 0. The predicted molar refractivity (Wildman–Crippen MR) is 82.1 cm³/mol. The van der Waals surface area contributed by atoms with Gasteiger partial charge in [0.25, 0.3) is 0 Å². The van der Waals surface area contributed by atoms with Gasteiger partial charge >= 0.3 is 0 Å². The third kappa shape index (κ3) is 3.67. The fourth-order valence-corrected chi connectivity index (χ4v) is 2.66. The van der Waals surface area contributed by atoms with Crippen molar-refractivity contribution in [3.8, 4) is 5.75 Å². The zero-order valence-corrected chi connectivity index (χ0v) is 12.9. The van der Waals surface area contributed by atoms with Crippen LogP contribution in [0.3, 0.4) is 0 Å². The summed E-state index contributed by atoms with van der Waals surface area (Å²) < 4.78 is 10.9. The van der Waals surface area contributed by atoms with Gasteiger partial charge in [-0.2, -0.15) is 0 Å². The monoisotopic (exact) mass is 292 g/mol. The van der Waals surface area contributed by atoms with Gasteiger partial charge in [-0.25, -0.2) is 0 Å². The summed E-state index contributed by atoms with van der Waals surface area (Å²) in [6.45, 7) is 4.56. The first-order valence-electron chi connectivity index (χ1n) is 7.24. The van der Waals surface area contributed by atoms with E-state index in [2.05, 4.69) is 19.2 Å². The molecule has 0 spiro atoms. The molecule has 0 heterocycles. The molecule has 2 atom stereocenters. The van der Waals surface area contributed by atoms with E-state index in [1.165, 1.54) is 0 Å². The van der Waals surface area contributed by atoms with E-state index < -0.39 is 0 Å². The molecule has 0 aliphatic heterocycles. The Kier molecular flexibility index (Phi) is 4.73. The highest BCUT2D eigenvalue weighted by atomic mass is 16.5. The largest absolute Gasteiger partial charge is 0.493 e. The molecule has 1 fully saturated rings. The topological polar surface area (TPSA) is 73.6 Å². The van der Waals surface area contributed by atoms with Gasteiger partial charge < -0.3 is 20.5 Å². The molecule has 0 aromatic heterocycles. The summed E-state index contributed by atoms with van der Waals surface area (Å²) in [6.07, 6.45) is 1.41. The van der Waals surface area contributed by atoms with E-state index in [-0.39, 0.29) is 23.5 Å². The number of rotatable bonds is 6. The van der Waals surface area contributed by atoms with Crippen LogP contribution in [-0.2, 0) is 9.53 Å². The molecule has 5 nitrogen and oxygen atoms in total. The first kappa shape index (κ1) is 15.6. The molecule has 3 N–H and O–H groups in total. The number of nitrogens with one attached hydrogen (secondary N) is 1. The number of hydrogen-bond acceptors (Lipinski definition) is 4. The lowest BCUT2D eigenvalue weighted by Gasteiger charge is -2.51. The standard InChI is InChI=1S/C16H24N2O3/c1-16(2)13(10-14(16)20-3)18-15(19)7-8-21-12-6-4-5-11(17)9-12/h4-6,9,13-14H,7-8,10,17H2,1-3H3,(H,18,19). The van der Waals surface area contributed by atoms with Gasteiger partial charge in [0.05, 0.1) is 19.1 Å². The molecule has 116 valence electrons. The van der Waals surface area contributed by atoms with Crippen molar-refractivity contribution in [3.05, 3.63) is 24.3 Å². The van der Waals surface area contributed by atoms with Gasteiger partial charge in [0.1, 0.15) is 5.75 Å². The zero-order chi connectivity index (χ0) is 15.5. The number of carbonyl (C=O) groups is 1. The Morgan fingerprint density at radius 2 is 2.24 bits per heavy atom. The number of carbonyl (C=O) groups excluding carboxylic acids is 1. The van der Waals surface area contributed by atoms with Crippen LogP contribution in [0.1, 0.15) is 26.7 Å². The first-order valence-corrected chi connectivity index (χ1v) is 7.24. The van der Waals surface area contributed by atoms with Gasteiger partial charge in [-0.3, -0.25) is 4.79 Å². The van der Waals surface area contributed by atoms with Gasteiger partial charge in [-0.1, -0.05) is 19.9 Å². The average Bonchev–Trinajstić information content (AvgIpc) is 2.43. The summed E-state index contributed by atoms with van der Waals surface area (Å²) in [5.41, 5.74) is 6.30. The van der Waals surface area contributed by atoms with E-state index in [4.69, 9.17) is 15.2 Å². The molecule has 0 bridgehead atoms. The highest BCUT2D eigenvalue weighted by molar-refractivity contribution is 5.76. The number of hydrogen-bond donors (Lipinski definition) is 2. The van der Waals surface area contributed by atoms with E-state index in [1.807, 2.05) is 12.1 Å². The van der Waals surface area contributed by atoms with E-state index >= 15 is 0 Å². The van der Waals surface area contributed by atoms with E-state index in [0.29, 0.717) is 24.5 Å². The fraction of sp³-hybridized carbons (Fsp3) is 0.562. The second kappa shape index (κ2) is 6.35. The summed E-state index contributed by atoms with van der Waals surface area (Å²) in [5.74, 6) is 0.692. The Hall–Kier alpha value is -1.75. The maximum atomic E-state index is 11.9. The van der Waals surface area contributed by atoms with Gasteiger partial charge in [0.15, 0.2) is 0 Å². The highest BCUT2D eigenvalue weighted by Gasteiger charge is 2.49. The summed E-state index contributed by atoms with van der Waals surface area (Å²) in [4.78, 5) is 11.9. The van der Waals surface area contributed by atoms with Crippen LogP contribution in [-0.4, -0.2) is 31.8 Å². The fourth-order valence-electron chi connectivity index (χ4n) is 2.66. The summed E-state index contributed by atoms with van der Waals surface area (Å²) in [7, 11) is 1.71. The molecular formula is C16H24N2O3. The minimum atomic E-state index is -0.0147. The third-order valence-electron chi connectivity index (χ3n) is 4.25. The molecule has 5 heteroatoms. The van der Waals surface area contributed by atoms with Crippen molar-refractivity contribution in [1.82, 2.24) is 5.32 Å². The second-order valence-electron chi connectivity index (χ2n) is 6.07. The van der Waals surface area contributed by atoms with Gasteiger partial charge in [-0.05, 0) is 18.6 Å². The van der Waals surface area contributed by atoms with E-state index in [9.17, 15) is 4.79 Å². The number of nitrogen functional groups attached to an aromatic ring is 1. The van der Waals surface area contributed by atoms with Crippen molar-refractivity contribution in [2.24, 2.45) is 5.41 Å². The molecule has 1 aromatic rings. The van der Waals surface area contributed by atoms with Crippen LogP contribution < -0.4 is 15.8 Å². The van der Waals surface area contributed by atoms with Gasteiger partial charge in [0, 0.05) is 30.3 Å². The highest BCUT2D eigenvalue weighted by Crippen LogP contribution is 2.42. The van der Waals surface area contributed by atoms with Crippen LogP contribution >= 0.6 is 0 Å². The van der Waals surface area contributed by atoms with Crippen molar-refractivity contribution >= 4 is 11.6 Å². The summed E-state index contributed by atoms with van der Waals surface area (Å²) in [5, 5.41) is 3.04. The molecule has 2 unspecified atom stereocenters. The molecule has 1 amide bonds. The Morgan fingerprint density at radius 1 is 1.48 bits per heavy atom. The van der Waals surface area contributed by atoms with Crippen LogP contribution in [0.2, 0.25) is 0 Å². The lowest BCUT2D eigenvalue weighted by atomic mass is 9.64. The van der Waals surface area contributed by atoms with Crippen LogP contribution in [0.25, 0.3) is 0 Å². The number of ether oxygens (including phenoxy) is 2. The number of anilines is 1. The van der Waals surface area contributed by atoms with E-state index in [0.717, 1.165) is 6.42 Å². The van der Waals surface area contributed by atoms with E-state index in [1.54, 1.807) is 19.2 Å². The van der Waals surface area contributed by atoms with Crippen molar-refractivity contribution in [3.63, 3.8) is 0 Å². The Labute approximate surface area is 125 Å². The van der Waals surface area contributed by atoms with Gasteiger partial charge in [-0.15, -0.1) is 0 Å². The first-order chi connectivity index (χ1) is 9.93. The molecule has 0 saturated heterocycles. The van der Waals surface area contributed by atoms with Crippen LogP contribution in [0.15, 0.2) is 24.3 Å². The molecule has 21 heavy (non-hydrogen) atoms. The molecule has 1 aliphatic carbocycles. The third-order valence-corrected chi connectivity index (χ3v) is 4.25. The average molecular weight is 292 g/mol. The number of nitrogens with two attached hydrogens (primary N) is 1. The van der Waals surface area contributed by atoms with Crippen LogP contribution in [0.5, 0.6) is 5.75 Å². The smallest absolute Gasteiger partial charge is 0.223 e. The predicted octanol–water partition coefficient (Wildman–Crippen LogP) is 1.97. The van der Waals surface area contributed by atoms with Crippen molar-refractivity contribution < 1.29 is 14.3 Å². The molecule has 1 saturated carbocycles. The van der Waals surface area contributed by atoms with Crippen molar-refractivity contribution in [2.75, 3.05) is 19.5 Å².